The standard InChI is InChI=1S/C34H24N6O8S2.2Na/c1-18-7-2-5-12-25(18)38-40-31-29(50(46,47)48)16-24-23(33(31)42)13-14-26-30(24)36-34(35-26)19-8-6-9-20(15-19)37-39-27-17-28(49(43,44)45)21-10-3-4-11-22(21)32(27)41;;/h2-17,41-42H,1H3,(H,35,36)(H,43,44,45)(H,46,47,48);;/q;2*+1/p-2. The number of rotatable bonds is 7. The van der Waals surface area contributed by atoms with Crippen LogP contribution in [0.1, 0.15) is 5.56 Å². The van der Waals surface area contributed by atoms with Crippen molar-refractivity contribution in [3.63, 3.8) is 0 Å². The molecule has 0 aliphatic heterocycles. The molecule has 14 nitrogen and oxygen atoms in total. The number of aryl methyl sites for hydroxylation is 1. The summed E-state index contributed by atoms with van der Waals surface area (Å²) in [4.78, 5) is 6.48. The van der Waals surface area contributed by atoms with Crippen molar-refractivity contribution in [2.75, 3.05) is 0 Å². The number of aromatic amines is 1. The molecule has 3 N–H and O–H groups in total. The van der Waals surface area contributed by atoms with E-state index < -0.39 is 47.2 Å². The molecule has 1 heterocycles. The minimum atomic E-state index is -4.92. The van der Waals surface area contributed by atoms with Gasteiger partial charge in [0.25, 0.3) is 20.2 Å². The normalized spacial score (nSPS) is 12.1. The summed E-state index contributed by atoms with van der Waals surface area (Å²) in [7, 11) is -9.60. The van der Waals surface area contributed by atoms with E-state index in [2.05, 4.69) is 30.4 Å². The molecule has 7 aromatic rings. The zero-order valence-corrected chi connectivity index (χ0v) is 33.3. The van der Waals surface area contributed by atoms with E-state index in [4.69, 9.17) is 0 Å². The number of hydrogen-bond acceptors (Lipinski definition) is 11. The van der Waals surface area contributed by atoms with E-state index >= 15 is 0 Å². The van der Waals surface area contributed by atoms with E-state index in [0.29, 0.717) is 28.1 Å². The van der Waals surface area contributed by atoms with E-state index in [1.165, 1.54) is 24.3 Å². The minimum absolute atomic E-state index is 0. The Hall–Kier alpha value is -4.07. The Balaban J connectivity index is 0.00000261. The van der Waals surface area contributed by atoms with E-state index in [1.807, 2.05) is 0 Å². The molecule has 6 aromatic carbocycles. The Bertz CT molecular complexity index is 2830. The molecule has 0 bridgehead atoms. The van der Waals surface area contributed by atoms with Crippen LogP contribution in [0.15, 0.2) is 127 Å². The van der Waals surface area contributed by atoms with Crippen molar-refractivity contribution in [2.24, 2.45) is 20.5 Å². The summed E-state index contributed by atoms with van der Waals surface area (Å²) < 4.78 is 68.8. The third-order valence-electron chi connectivity index (χ3n) is 7.93. The van der Waals surface area contributed by atoms with E-state index in [0.717, 1.165) is 17.7 Å². The molecule has 0 atom stereocenters. The molecule has 0 saturated heterocycles. The number of azo groups is 2. The molecule has 0 unspecified atom stereocenters. The fourth-order valence-electron chi connectivity index (χ4n) is 5.51. The first kappa shape index (κ1) is 39.1. The van der Waals surface area contributed by atoms with Crippen molar-refractivity contribution >= 4 is 75.6 Å². The third-order valence-corrected chi connectivity index (χ3v) is 9.69. The molecule has 1 aromatic heterocycles. The predicted molar refractivity (Wildman–Crippen MR) is 181 cm³/mol. The number of fused-ring (bicyclic) bond motifs is 4. The van der Waals surface area contributed by atoms with Crippen molar-refractivity contribution in [3.8, 4) is 22.9 Å². The number of imidazole rings is 1. The van der Waals surface area contributed by atoms with Crippen LogP contribution in [-0.2, 0) is 20.2 Å². The average Bonchev–Trinajstić information content (AvgIpc) is 3.53. The molecule has 0 aliphatic carbocycles. The number of aromatic nitrogens is 2. The molecule has 250 valence electrons. The zero-order valence-electron chi connectivity index (χ0n) is 27.6. The second kappa shape index (κ2) is 15.1. The van der Waals surface area contributed by atoms with Crippen LogP contribution < -0.4 is 69.3 Å². The topological polar surface area (TPSA) is 233 Å². The zero-order chi connectivity index (χ0) is 35.4. The average molecular weight is 753 g/mol. The Labute approximate surface area is 340 Å². The van der Waals surface area contributed by atoms with Gasteiger partial charge in [-0.05, 0) is 59.7 Å². The fraction of sp³-hybridized carbons (Fsp3) is 0.0294. The quantitative estimate of drug-likeness (QED) is 0.121. The van der Waals surface area contributed by atoms with Gasteiger partial charge < -0.3 is 15.2 Å². The van der Waals surface area contributed by atoms with Crippen LogP contribution in [0.2, 0.25) is 0 Å². The van der Waals surface area contributed by atoms with Crippen molar-refractivity contribution in [1.82, 2.24) is 9.97 Å². The van der Waals surface area contributed by atoms with Gasteiger partial charge in [0, 0.05) is 16.3 Å². The second-order valence-corrected chi connectivity index (χ2v) is 13.9. The largest absolute Gasteiger partial charge is 1.00 e. The summed E-state index contributed by atoms with van der Waals surface area (Å²) in [6, 6.07) is 24.4. The Morgan fingerprint density at radius 3 is 2.00 bits per heavy atom. The van der Waals surface area contributed by atoms with Gasteiger partial charge in [-0.1, -0.05) is 72.2 Å². The third kappa shape index (κ3) is 7.53. The van der Waals surface area contributed by atoms with Gasteiger partial charge >= 0.3 is 59.1 Å². The first-order chi connectivity index (χ1) is 23.8. The summed E-state index contributed by atoms with van der Waals surface area (Å²) in [6.07, 6.45) is 0. The van der Waals surface area contributed by atoms with Crippen LogP contribution in [0.25, 0.3) is 44.0 Å². The van der Waals surface area contributed by atoms with Crippen LogP contribution in [-0.4, -0.2) is 35.9 Å². The molecule has 0 saturated carbocycles. The van der Waals surface area contributed by atoms with Crippen LogP contribution in [0, 0.1) is 6.92 Å². The summed E-state index contributed by atoms with van der Waals surface area (Å²) in [5, 5.41) is 43.1. The van der Waals surface area contributed by atoms with Crippen LogP contribution in [0.3, 0.4) is 0 Å². The molecule has 0 amide bonds. The summed E-state index contributed by atoms with van der Waals surface area (Å²) in [5.41, 5.74) is 1.73. The van der Waals surface area contributed by atoms with Crippen molar-refractivity contribution in [2.45, 2.75) is 16.7 Å². The van der Waals surface area contributed by atoms with Gasteiger partial charge in [0.15, 0.2) is 0 Å². The van der Waals surface area contributed by atoms with Gasteiger partial charge in [0.1, 0.15) is 15.6 Å². The maximum Gasteiger partial charge on any atom is 1.00 e. The van der Waals surface area contributed by atoms with Gasteiger partial charge in [-0.3, -0.25) is 9.11 Å². The van der Waals surface area contributed by atoms with Gasteiger partial charge in [0.2, 0.25) is 0 Å². The monoisotopic (exact) mass is 752 g/mol. The molecule has 0 spiro atoms. The molecule has 0 fully saturated rings. The minimum Gasteiger partial charge on any atom is -0.871 e. The van der Waals surface area contributed by atoms with Crippen molar-refractivity contribution in [1.29, 1.82) is 0 Å². The van der Waals surface area contributed by atoms with Crippen LogP contribution >= 0.6 is 0 Å². The Morgan fingerprint density at radius 2 is 1.29 bits per heavy atom. The Kier molecular flexibility index (Phi) is 11.4. The van der Waals surface area contributed by atoms with Gasteiger partial charge in [-0.25, -0.2) is 4.98 Å². The predicted octanol–water partition coefficient (Wildman–Crippen LogP) is 1.32. The molecule has 52 heavy (non-hydrogen) atoms. The van der Waals surface area contributed by atoms with E-state index in [1.54, 1.807) is 67.6 Å². The van der Waals surface area contributed by atoms with E-state index in [-0.39, 0.29) is 92.0 Å². The number of benzene rings is 6. The van der Waals surface area contributed by atoms with Crippen LogP contribution in [0.4, 0.5) is 22.7 Å². The molecule has 0 radical (unpaired) electrons. The number of hydrogen-bond donors (Lipinski definition) is 3. The maximum absolute atomic E-state index is 13.6. The first-order valence-electron chi connectivity index (χ1n) is 14.6. The molecule has 7 rings (SSSR count). The van der Waals surface area contributed by atoms with Crippen molar-refractivity contribution < 1.29 is 95.3 Å². The first-order valence-corrected chi connectivity index (χ1v) is 17.5. The van der Waals surface area contributed by atoms with Crippen LogP contribution in [0.5, 0.6) is 11.5 Å². The van der Waals surface area contributed by atoms with E-state index in [9.17, 15) is 36.2 Å². The molecule has 0 aliphatic rings. The molecule has 18 heteroatoms. The SMILES string of the molecule is Cc1ccccc1N=Nc1c(S(=O)(=O)O)cc2c(ccc3nc(-c4cccc(N=Nc5cc(S(=O)(=O)O)c6ccccc6c5[O-])c4)[nH]c32)c1[O-].[Na+].[Na+]. The number of nitrogens with one attached hydrogen (secondary N) is 1. The molecular formula is C34H22N6Na2O8S2. The van der Waals surface area contributed by atoms with Crippen molar-refractivity contribution in [3.05, 3.63) is 103 Å². The molecular weight excluding hydrogens is 731 g/mol. The second-order valence-electron chi connectivity index (χ2n) is 11.1. The Morgan fingerprint density at radius 1 is 0.635 bits per heavy atom. The van der Waals surface area contributed by atoms with Gasteiger partial charge in [0.05, 0.1) is 33.8 Å². The van der Waals surface area contributed by atoms with Gasteiger partial charge in [-0.2, -0.15) is 32.2 Å². The summed E-state index contributed by atoms with van der Waals surface area (Å²) in [6.45, 7) is 1.77. The number of nitrogens with zero attached hydrogens (tertiary/aromatic N) is 5. The number of H-pyrrole nitrogens is 1. The maximum atomic E-state index is 13.6. The van der Waals surface area contributed by atoms with Gasteiger partial charge in [-0.15, -0.1) is 5.11 Å². The fourth-order valence-corrected chi connectivity index (χ4v) is 6.87. The summed E-state index contributed by atoms with van der Waals surface area (Å²) in [5.74, 6) is -1.05. The summed E-state index contributed by atoms with van der Waals surface area (Å²) >= 11 is 0. The smallest absolute Gasteiger partial charge is 0.871 e.